The molecule has 6 heteroatoms. The average molecular weight is 335 g/mol. The number of amides is 2. The number of carbonyl (C=O) groups excluding carboxylic acids is 2. The van der Waals surface area contributed by atoms with E-state index in [9.17, 15) is 14.0 Å². The Bertz CT molecular complexity index is 913. The fraction of sp³-hybridized carbons (Fsp3) is 0. The van der Waals surface area contributed by atoms with Gasteiger partial charge in [0.2, 0.25) is 0 Å². The van der Waals surface area contributed by atoms with Crippen LogP contribution in [0.1, 0.15) is 20.7 Å². The highest BCUT2D eigenvalue weighted by atomic mass is 19.1. The summed E-state index contributed by atoms with van der Waals surface area (Å²) >= 11 is 0. The van der Waals surface area contributed by atoms with Crippen LogP contribution in [0.5, 0.6) is 0 Å². The number of aromatic nitrogens is 1. The smallest absolute Gasteiger partial charge is 0.258 e. The van der Waals surface area contributed by atoms with Gasteiger partial charge in [-0.25, -0.2) is 4.39 Å². The molecule has 1 heterocycles. The van der Waals surface area contributed by atoms with Crippen molar-refractivity contribution in [1.82, 2.24) is 4.98 Å². The van der Waals surface area contributed by atoms with Crippen LogP contribution in [0.2, 0.25) is 0 Å². The maximum Gasteiger partial charge on any atom is 0.258 e. The summed E-state index contributed by atoms with van der Waals surface area (Å²) < 4.78 is 13.7. The number of benzene rings is 2. The quantitative estimate of drug-likeness (QED) is 0.763. The van der Waals surface area contributed by atoms with Gasteiger partial charge in [-0.15, -0.1) is 0 Å². The van der Waals surface area contributed by atoms with Crippen LogP contribution in [0.3, 0.4) is 0 Å². The number of halogens is 1. The molecule has 0 spiro atoms. The summed E-state index contributed by atoms with van der Waals surface area (Å²) in [6.07, 6.45) is 3.04. The molecule has 0 aliphatic rings. The molecular weight excluding hydrogens is 321 g/mol. The molecule has 2 aromatic carbocycles. The average Bonchev–Trinajstić information content (AvgIpc) is 2.63. The predicted molar refractivity (Wildman–Crippen MR) is 93.0 cm³/mol. The Kier molecular flexibility index (Phi) is 4.80. The molecule has 25 heavy (non-hydrogen) atoms. The molecule has 0 atom stereocenters. The van der Waals surface area contributed by atoms with Gasteiger partial charge in [0.25, 0.3) is 11.8 Å². The summed E-state index contributed by atoms with van der Waals surface area (Å²) in [5, 5.41) is 5.33. The van der Waals surface area contributed by atoms with Crippen molar-refractivity contribution in [1.29, 1.82) is 0 Å². The number of nitrogens with one attached hydrogen (secondary N) is 2. The standard InChI is InChI=1S/C19H14FN3O2/c20-17-9-2-1-8-16(17)19(25)23-15-7-3-6-14(11-15)22-18(24)13-5-4-10-21-12-13/h1-12H,(H,22,24)(H,23,25). The molecule has 5 nitrogen and oxygen atoms in total. The summed E-state index contributed by atoms with van der Waals surface area (Å²) in [4.78, 5) is 28.2. The highest BCUT2D eigenvalue weighted by molar-refractivity contribution is 6.06. The molecule has 0 aliphatic heterocycles. The second-order valence-electron chi connectivity index (χ2n) is 5.21. The van der Waals surface area contributed by atoms with E-state index in [-0.39, 0.29) is 11.5 Å². The molecule has 3 aromatic rings. The summed E-state index contributed by atoms with van der Waals surface area (Å²) in [7, 11) is 0. The van der Waals surface area contributed by atoms with Gasteiger partial charge in [-0.05, 0) is 42.5 Å². The first-order valence-electron chi connectivity index (χ1n) is 7.51. The molecule has 0 bridgehead atoms. The van der Waals surface area contributed by atoms with Gasteiger partial charge < -0.3 is 10.6 Å². The Morgan fingerprint density at radius 3 is 2.24 bits per heavy atom. The maximum atomic E-state index is 13.7. The second kappa shape index (κ2) is 7.35. The Hall–Kier alpha value is -3.54. The van der Waals surface area contributed by atoms with Gasteiger partial charge in [0.15, 0.2) is 0 Å². The number of hydrogen-bond donors (Lipinski definition) is 2. The van der Waals surface area contributed by atoms with Crippen molar-refractivity contribution < 1.29 is 14.0 Å². The molecule has 2 amide bonds. The molecule has 2 N–H and O–H groups in total. The summed E-state index contributed by atoms with van der Waals surface area (Å²) in [6.45, 7) is 0. The molecule has 1 aromatic heterocycles. The van der Waals surface area contributed by atoms with Gasteiger partial charge in [0.1, 0.15) is 5.82 Å². The first kappa shape index (κ1) is 16.3. The van der Waals surface area contributed by atoms with Crippen LogP contribution in [-0.2, 0) is 0 Å². The molecule has 0 aliphatic carbocycles. The topological polar surface area (TPSA) is 71.1 Å². The molecule has 0 saturated carbocycles. The van der Waals surface area contributed by atoms with E-state index in [0.29, 0.717) is 16.9 Å². The van der Waals surface area contributed by atoms with E-state index in [1.807, 2.05) is 0 Å². The summed E-state index contributed by atoms with van der Waals surface area (Å²) in [6, 6.07) is 15.6. The molecule has 0 unspecified atom stereocenters. The minimum Gasteiger partial charge on any atom is -0.322 e. The lowest BCUT2D eigenvalue weighted by Crippen LogP contribution is -2.15. The normalized spacial score (nSPS) is 10.1. The number of nitrogens with zero attached hydrogens (tertiary/aromatic N) is 1. The minimum absolute atomic E-state index is 0.0488. The van der Waals surface area contributed by atoms with Crippen LogP contribution >= 0.6 is 0 Å². The SMILES string of the molecule is O=C(Nc1cccc(NC(=O)c2ccccc2F)c1)c1cccnc1. The summed E-state index contributed by atoms with van der Waals surface area (Å²) in [5.41, 5.74) is 1.31. The van der Waals surface area contributed by atoms with E-state index in [4.69, 9.17) is 0 Å². The number of hydrogen-bond acceptors (Lipinski definition) is 3. The first-order valence-corrected chi connectivity index (χ1v) is 7.51. The Morgan fingerprint density at radius 1 is 0.840 bits per heavy atom. The van der Waals surface area contributed by atoms with Crippen molar-refractivity contribution in [2.24, 2.45) is 0 Å². The minimum atomic E-state index is -0.596. The lowest BCUT2D eigenvalue weighted by molar-refractivity contribution is 0.101. The van der Waals surface area contributed by atoms with Crippen LogP contribution < -0.4 is 10.6 Å². The zero-order valence-electron chi connectivity index (χ0n) is 13.1. The van der Waals surface area contributed by atoms with E-state index in [1.54, 1.807) is 48.7 Å². The third kappa shape index (κ3) is 4.06. The molecule has 3 rings (SSSR count). The Morgan fingerprint density at radius 2 is 1.56 bits per heavy atom. The number of rotatable bonds is 4. The highest BCUT2D eigenvalue weighted by Gasteiger charge is 2.11. The lowest BCUT2D eigenvalue weighted by Gasteiger charge is -2.09. The van der Waals surface area contributed by atoms with Crippen LogP contribution in [0.25, 0.3) is 0 Å². The molecular formula is C19H14FN3O2. The van der Waals surface area contributed by atoms with E-state index >= 15 is 0 Å². The van der Waals surface area contributed by atoms with Gasteiger partial charge in [0.05, 0.1) is 11.1 Å². The van der Waals surface area contributed by atoms with Crippen LogP contribution in [0.4, 0.5) is 15.8 Å². The van der Waals surface area contributed by atoms with E-state index in [2.05, 4.69) is 15.6 Å². The molecule has 0 saturated heterocycles. The highest BCUT2D eigenvalue weighted by Crippen LogP contribution is 2.17. The van der Waals surface area contributed by atoms with Crippen molar-refractivity contribution in [3.05, 3.63) is 90.0 Å². The molecule has 0 fully saturated rings. The first-order chi connectivity index (χ1) is 12.1. The Balaban J connectivity index is 1.72. The largest absolute Gasteiger partial charge is 0.322 e. The van der Waals surface area contributed by atoms with Crippen molar-refractivity contribution in [2.45, 2.75) is 0 Å². The van der Waals surface area contributed by atoms with Crippen molar-refractivity contribution >= 4 is 23.2 Å². The van der Waals surface area contributed by atoms with Crippen molar-refractivity contribution in [3.63, 3.8) is 0 Å². The van der Waals surface area contributed by atoms with E-state index in [1.165, 1.54) is 24.4 Å². The van der Waals surface area contributed by atoms with Crippen molar-refractivity contribution in [3.8, 4) is 0 Å². The number of pyridine rings is 1. The van der Waals surface area contributed by atoms with Crippen LogP contribution in [0.15, 0.2) is 73.1 Å². The van der Waals surface area contributed by atoms with E-state index < -0.39 is 11.7 Å². The predicted octanol–water partition coefficient (Wildman–Crippen LogP) is 3.73. The Labute approximate surface area is 143 Å². The maximum absolute atomic E-state index is 13.7. The molecule has 124 valence electrons. The summed E-state index contributed by atoms with van der Waals surface area (Å²) in [5.74, 6) is -1.47. The molecule has 0 radical (unpaired) electrons. The zero-order chi connectivity index (χ0) is 17.6. The zero-order valence-corrected chi connectivity index (χ0v) is 13.1. The fourth-order valence-electron chi connectivity index (χ4n) is 2.22. The van der Waals surface area contributed by atoms with Crippen molar-refractivity contribution in [2.75, 3.05) is 10.6 Å². The monoisotopic (exact) mass is 335 g/mol. The fourth-order valence-corrected chi connectivity index (χ4v) is 2.22. The van der Waals surface area contributed by atoms with Gasteiger partial charge in [-0.1, -0.05) is 18.2 Å². The van der Waals surface area contributed by atoms with Gasteiger partial charge >= 0.3 is 0 Å². The number of anilines is 2. The van der Waals surface area contributed by atoms with Crippen LogP contribution in [0, 0.1) is 5.82 Å². The lowest BCUT2D eigenvalue weighted by atomic mass is 10.2. The third-order valence-corrected chi connectivity index (χ3v) is 3.42. The number of carbonyl (C=O) groups is 2. The van der Waals surface area contributed by atoms with Gasteiger partial charge in [-0.3, -0.25) is 14.6 Å². The van der Waals surface area contributed by atoms with E-state index in [0.717, 1.165) is 0 Å². The van der Waals surface area contributed by atoms with Crippen LogP contribution in [-0.4, -0.2) is 16.8 Å². The van der Waals surface area contributed by atoms with Gasteiger partial charge in [-0.2, -0.15) is 0 Å². The van der Waals surface area contributed by atoms with Gasteiger partial charge in [0, 0.05) is 23.8 Å². The second-order valence-corrected chi connectivity index (χ2v) is 5.21. The third-order valence-electron chi connectivity index (χ3n) is 3.42.